The van der Waals surface area contributed by atoms with Crippen LogP contribution in [0.5, 0.6) is 0 Å². The third kappa shape index (κ3) is 10.3. The molecule has 12 heteroatoms. The Morgan fingerprint density at radius 1 is 0.325 bits per heavy atom. The lowest BCUT2D eigenvalue weighted by atomic mass is 10.5. The fourth-order valence-electron chi connectivity index (χ4n) is 4.23. The molecule has 40 heavy (non-hydrogen) atoms. The maximum absolute atomic E-state index is 7.58. The molecule has 1 rings (SSSR count). The van der Waals surface area contributed by atoms with Gasteiger partial charge in [0, 0.05) is 0 Å². The Balaban J connectivity index is 4.06. The molecule has 240 valence electrons. The summed E-state index contributed by atoms with van der Waals surface area (Å²) in [6.07, 6.45) is 1.76. The van der Waals surface area contributed by atoms with Gasteiger partial charge in [0.1, 0.15) is 0 Å². The first kappa shape index (κ1) is 38.6. The molecule has 8 nitrogen and oxygen atoms in total. The third-order valence-electron chi connectivity index (χ3n) is 7.37. The van der Waals surface area contributed by atoms with Crippen LogP contribution in [0.2, 0.25) is 22.2 Å². The predicted octanol–water partition coefficient (Wildman–Crippen LogP) is 7.33. The standard InChI is InChI=1S/C28H64O8Si4/c1-21(2)29-17-37(25(9)10)33-38(26(11)12,18-30-22(3)4)35-40(28(15)16,20-32-24(7)8)36-39(34-37,27(13)14)19-31-23(5)6/h21-28H,17-20H2,1-16H3. The van der Waals surface area contributed by atoms with E-state index in [4.69, 9.17) is 35.4 Å². The van der Waals surface area contributed by atoms with E-state index in [1.54, 1.807) is 0 Å². The van der Waals surface area contributed by atoms with Gasteiger partial charge in [0.05, 0.1) is 49.3 Å². The second-order valence-electron chi connectivity index (χ2n) is 13.7. The van der Waals surface area contributed by atoms with Crippen LogP contribution in [0, 0.1) is 0 Å². The summed E-state index contributed by atoms with van der Waals surface area (Å²) in [6.45, 7) is 34.0. The molecular formula is C28H64O8Si4. The number of rotatable bonds is 16. The Bertz CT molecular complexity index is 603. The van der Waals surface area contributed by atoms with E-state index in [0.29, 0.717) is 24.9 Å². The molecule has 0 N–H and O–H groups in total. The summed E-state index contributed by atoms with van der Waals surface area (Å²) in [5.41, 5.74) is 0.363. The minimum atomic E-state index is -3.12. The maximum atomic E-state index is 7.58. The van der Waals surface area contributed by atoms with Crippen LogP contribution >= 0.6 is 0 Å². The van der Waals surface area contributed by atoms with E-state index in [-0.39, 0.29) is 46.6 Å². The summed E-state index contributed by atoms with van der Waals surface area (Å²) in [4.78, 5) is 0. The van der Waals surface area contributed by atoms with Gasteiger partial charge in [-0.15, -0.1) is 0 Å². The first-order valence-electron chi connectivity index (χ1n) is 15.5. The molecular weight excluding hydrogens is 577 g/mol. The predicted molar refractivity (Wildman–Crippen MR) is 172 cm³/mol. The molecule has 1 saturated heterocycles. The van der Waals surface area contributed by atoms with Gasteiger partial charge in [-0.3, -0.25) is 0 Å². The van der Waals surface area contributed by atoms with Gasteiger partial charge in [0.15, 0.2) is 0 Å². The van der Waals surface area contributed by atoms with Crippen molar-refractivity contribution in [2.75, 3.05) is 24.9 Å². The highest BCUT2D eigenvalue weighted by molar-refractivity contribution is 6.96. The van der Waals surface area contributed by atoms with E-state index in [1.165, 1.54) is 0 Å². The molecule has 1 heterocycles. The van der Waals surface area contributed by atoms with E-state index in [1.807, 2.05) is 0 Å². The molecule has 0 atom stereocenters. The molecule has 0 aromatic carbocycles. The Morgan fingerprint density at radius 2 is 0.475 bits per heavy atom. The first-order valence-corrected chi connectivity index (χ1v) is 23.9. The molecule has 1 aliphatic heterocycles. The molecule has 0 amide bonds. The minimum Gasteiger partial charge on any atom is -0.412 e. The summed E-state index contributed by atoms with van der Waals surface area (Å²) in [7, 11) is -12.5. The molecule has 0 unspecified atom stereocenters. The Hall–Kier alpha value is 0.548. The minimum absolute atomic E-state index is 0.0373. The van der Waals surface area contributed by atoms with Crippen LogP contribution < -0.4 is 0 Å². The largest absolute Gasteiger partial charge is 0.412 e. The van der Waals surface area contributed by atoms with Gasteiger partial charge in [-0.25, -0.2) is 0 Å². The van der Waals surface area contributed by atoms with Crippen LogP contribution in [0.4, 0.5) is 0 Å². The van der Waals surface area contributed by atoms with Crippen molar-refractivity contribution in [1.82, 2.24) is 0 Å². The molecule has 0 aromatic heterocycles. The van der Waals surface area contributed by atoms with Gasteiger partial charge in [0.2, 0.25) is 0 Å². The summed E-state index contributed by atoms with van der Waals surface area (Å²) < 4.78 is 55.8. The van der Waals surface area contributed by atoms with Crippen molar-refractivity contribution in [3.63, 3.8) is 0 Å². The van der Waals surface area contributed by atoms with Crippen LogP contribution in [-0.2, 0) is 35.4 Å². The van der Waals surface area contributed by atoms with Crippen LogP contribution in [0.15, 0.2) is 0 Å². The highest BCUT2D eigenvalue weighted by Gasteiger charge is 2.67. The highest BCUT2D eigenvalue weighted by atomic mass is 28.5. The Morgan fingerprint density at radius 3 is 0.575 bits per heavy atom. The molecule has 0 radical (unpaired) electrons. The quantitative estimate of drug-likeness (QED) is 0.162. The summed E-state index contributed by atoms with van der Waals surface area (Å²) in [5, 5.41) is 0. The monoisotopic (exact) mass is 640 g/mol. The highest BCUT2D eigenvalue weighted by Crippen LogP contribution is 2.46. The summed E-state index contributed by atoms with van der Waals surface area (Å²) >= 11 is 0. The summed E-state index contributed by atoms with van der Waals surface area (Å²) in [6, 6.07) is 0. The van der Waals surface area contributed by atoms with Crippen LogP contribution in [-0.4, -0.2) is 83.6 Å². The number of hydrogen-bond acceptors (Lipinski definition) is 8. The van der Waals surface area contributed by atoms with Crippen molar-refractivity contribution in [1.29, 1.82) is 0 Å². The lowest BCUT2D eigenvalue weighted by molar-refractivity contribution is 0.0428. The molecule has 0 aromatic rings. The zero-order valence-corrected chi connectivity index (χ0v) is 32.7. The molecule has 0 aliphatic carbocycles. The van der Waals surface area contributed by atoms with E-state index in [2.05, 4.69) is 111 Å². The molecule has 0 spiro atoms. The second kappa shape index (κ2) is 16.0. The topological polar surface area (TPSA) is 73.8 Å². The van der Waals surface area contributed by atoms with Crippen molar-refractivity contribution in [3.05, 3.63) is 0 Å². The van der Waals surface area contributed by atoms with Gasteiger partial charge >= 0.3 is 34.2 Å². The lowest BCUT2D eigenvalue weighted by Crippen LogP contribution is -2.77. The van der Waals surface area contributed by atoms with Crippen LogP contribution in [0.1, 0.15) is 111 Å². The van der Waals surface area contributed by atoms with Gasteiger partial charge in [-0.05, 0) is 77.6 Å². The van der Waals surface area contributed by atoms with Crippen molar-refractivity contribution >= 4 is 34.2 Å². The first-order chi connectivity index (χ1) is 18.3. The van der Waals surface area contributed by atoms with Gasteiger partial charge in [-0.1, -0.05) is 55.4 Å². The smallest absolute Gasteiger partial charge is 0.350 e. The lowest BCUT2D eigenvalue weighted by Gasteiger charge is -2.56. The van der Waals surface area contributed by atoms with Crippen molar-refractivity contribution in [3.8, 4) is 0 Å². The second-order valence-corrected chi connectivity index (χ2v) is 29.2. The summed E-state index contributed by atoms with van der Waals surface area (Å²) in [5.74, 6) is 0. The fraction of sp³-hybridized carbons (Fsp3) is 1.00. The molecule has 0 saturated carbocycles. The molecule has 0 bridgehead atoms. The molecule has 1 aliphatic rings. The SMILES string of the molecule is CC(C)OC[Si]1(C(C)C)O[Si](COC(C)C)(C(C)C)O[Si](COC(C)C)(C(C)C)O[Si](COC(C)C)(C(C)C)O1. The zero-order valence-electron chi connectivity index (χ0n) is 28.7. The van der Waals surface area contributed by atoms with Crippen molar-refractivity contribution in [2.24, 2.45) is 0 Å². The van der Waals surface area contributed by atoms with E-state index in [9.17, 15) is 0 Å². The number of ether oxygens (including phenoxy) is 4. The van der Waals surface area contributed by atoms with E-state index in [0.717, 1.165) is 0 Å². The van der Waals surface area contributed by atoms with E-state index >= 15 is 0 Å². The fourth-order valence-corrected chi connectivity index (χ4v) is 28.8. The normalized spacial score (nSPS) is 30.6. The number of hydrogen-bond donors (Lipinski definition) is 0. The Labute approximate surface area is 251 Å². The van der Waals surface area contributed by atoms with Gasteiger partial charge in [0.25, 0.3) is 0 Å². The van der Waals surface area contributed by atoms with Gasteiger partial charge in [-0.2, -0.15) is 0 Å². The van der Waals surface area contributed by atoms with E-state index < -0.39 is 34.2 Å². The Kier molecular flexibility index (Phi) is 15.5. The average molecular weight is 641 g/mol. The molecule has 1 fully saturated rings. The zero-order chi connectivity index (χ0) is 31.1. The van der Waals surface area contributed by atoms with Crippen molar-refractivity contribution in [2.45, 2.75) is 157 Å². The maximum Gasteiger partial charge on any atom is 0.350 e. The third-order valence-corrected chi connectivity index (χ3v) is 27.7. The van der Waals surface area contributed by atoms with Gasteiger partial charge < -0.3 is 35.4 Å². The van der Waals surface area contributed by atoms with Crippen LogP contribution in [0.25, 0.3) is 0 Å². The van der Waals surface area contributed by atoms with Crippen LogP contribution in [0.3, 0.4) is 0 Å². The van der Waals surface area contributed by atoms with Crippen molar-refractivity contribution < 1.29 is 35.4 Å². The average Bonchev–Trinajstić information content (AvgIpc) is 2.80.